The molecule has 0 spiro atoms. The first kappa shape index (κ1) is 17.2. The molecule has 142 valence electrons. The smallest absolute Gasteiger partial charge is 0.229 e. The van der Waals surface area contributed by atoms with Crippen LogP contribution in [0.25, 0.3) is 5.65 Å². The van der Waals surface area contributed by atoms with Crippen molar-refractivity contribution in [2.45, 2.75) is 18.9 Å². The molecule has 7 N–H and O–H groups in total. The minimum Gasteiger partial charge on any atom is -0.399 e. The average molecular weight is 388 g/mol. The Kier molecular flexibility index (Phi) is 3.95. The summed E-state index contributed by atoms with van der Waals surface area (Å²) < 4.78 is 26.9. The summed E-state index contributed by atoms with van der Waals surface area (Å²) in [5, 5.41) is 11.0. The molecule has 2 aromatic heterocycles. The standard InChI is InChI=1S/C16H20N8O2S/c1-27(25,26)23-12-5-9(17)4-11(6-12)21-15-7-13(20-10-2-3-10)16-19-8-14(18)24(16)22-15/h4-8,10,20,23H,2-3,17-18H2,1H3,(H,21,22). The summed E-state index contributed by atoms with van der Waals surface area (Å²) in [6, 6.07) is 7.13. The fourth-order valence-electron chi connectivity index (χ4n) is 2.75. The Balaban J connectivity index is 1.69. The highest BCUT2D eigenvalue weighted by Crippen LogP contribution is 2.30. The fourth-order valence-corrected chi connectivity index (χ4v) is 3.29. The van der Waals surface area contributed by atoms with Crippen molar-refractivity contribution in [3.63, 3.8) is 0 Å². The van der Waals surface area contributed by atoms with Crippen molar-refractivity contribution < 1.29 is 8.42 Å². The maximum absolute atomic E-state index is 11.5. The minimum atomic E-state index is -3.41. The largest absolute Gasteiger partial charge is 0.399 e. The lowest BCUT2D eigenvalue weighted by molar-refractivity contribution is 0.607. The lowest BCUT2D eigenvalue weighted by Crippen LogP contribution is -2.10. The molecule has 0 saturated heterocycles. The highest BCUT2D eigenvalue weighted by molar-refractivity contribution is 7.92. The third kappa shape index (κ3) is 3.97. The van der Waals surface area contributed by atoms with E-state index in [2.05, 4.69) is 25.4 Å². The van der Waals surface area contributed by atoms with Gasteiger partial charge in [0.05, 0.1) is 23.8 Å². The van der Waals surface area contributed by atoms with Gasteiger partial charge >= 0.3 is 0 Å². The molecular weight excluding hydrogens is 368 g/mol. The first-order chi connectivity index (χ1) is 12.8. The molecule has 0 bridgehead atoms. The predicted octanol–water partition coefficient (Wildman–Crippen LogP) is 1.58. The Morgan fingerprint density at radius 3 is 2.59 bits per heavy atom. The van der Waals surface area contributed by atoms with Crippen LogP contribution in [0.1, 0.15) is 12.8 Å². The van der Waals surface area contributed by atoms with Gasteiger partial charge in [0.25, 0.3) is 0 Å². The van der Waals surface area contributed by atoms with Crippen molar-refractivity contribution >= 4 is 50.1 Å². The Hall–Kier alpha value is -3.21. The second kappa shape index (κ2) is 6.20. The summed E-state index contributed by atoms with van der Waals surface area (Å²) in [4.78, 5) is 4.30. The van der Waals surface area contributed by atoms with Gasteiger partial charge in [-0.25, -0.2) is 13.4 Å². The van der Waals surface area contributed by atoms with Crippen LogP contribution >= 0.6 is 0 Å². The molecule has 1 aromatic carbocycles. The highest BCUT2D eigenvalue weighted by atomic mass is 32.2. The van der Waals surface area contributed by atoms with Gasteiger partial charge in [0, 0.05) is 23.5 Å². The summed E-state index contributed by atoms with van der Waals surface area (Å²) in [6.07, 6.45) is 4.86. The summed E-state index contributed by atoms with van der Waals surface area (Å²) in [5.41, 5.74) is 14.7. The molecule has 4 rings (SSSR count). The van der Waals surface area contributed by atoms with E-state index in [1.807, 2.05) is 6.07 Å². The SMILES string of the molecule is CS(=O)(=O)Nc1cc(N)cc(Nc2cc(NC3CC3)c3ncc(N)n3n2)c1. The van der Waals surface area contributed by atoms with Gasteiger partial charge in [-0.15, -0.1) is 5.10 Å². The molecule has 1 fully saturated rings. The number of benzene rings is 1. The zero-order valence-corrected chi connectivity index (χ0v) is 15.4. The van der Waals surface area contributed by atoms with Gasteiger partial charge in [-0.05, 0) is 31.0 Å². The molecule has 3 aromatic rings. The van der Waals surface area contributed by atoms with E-state index in [0.29, 0.717) is 40.4 Å². The average Bonchev–Trinajstić information content (AvgIpc) is 3.27. The van der Waals surface area contributed by atoms with Gasteiger partial charge in [0.2, 0.25) is 10.0 Å². The van der Waals surface area contributed by atoms with Crippen molar-refractivity contribution in [1.82, 2.24) is 14.6 Å². The van der Waals surface area contributed by atoms with Crippen molar-refractivity contribution in [2.24, 2.45) is 0 Å². The summed E-state index contributed by atoms with van der Waals surface area (Å²) in [7, 11) is -3.41. The topological polar surface area (TPSA) is 152 Å². The molecule has 10 nitrogen and oxygen atoms in total. The maximum Gasteiger partial charge on any atom is 0.229 e. The molecule has 0 aliphatic heterocycles. The van der Waals surface area contributed by atoms with Crippen molar-refractivity contribution in [1.29, 1.82) is 0 Å². The third-order valence-corrected chi connectivity index (χ3v) is 4.57. The van der Waals surface area contributed by atoms with Gasteiger partial charge in [0.15, 0.2) is 11.5 Å². The number of nitrogens with zero attached hydrogens (tertiary/aromatic N) is 3. The summed E-state index contributed by atoms with van der Waals surface area (Å²) in [6.45, 7) is 0. The highest BCUT2D eigenvalue weighted by Gasteiger charge is 2.23. The number of aromatic nitrogens is 3. The molecule has 27 heavy (non-hydrogen) atoms. The number of anilines is 6. The van der Waals surface area contributed by atoms with Crippen LogP contribution in [-0.2, 0) is 10.0 Å². The van der Waals surface area contributed by atoms with E-state index in [0.717, 1.165) is 24.8 Å². The van der Waals surface area contributed by atoms with Crippen LogP contribution < -0.4 is 26.8 Å². The maximum atomic E-state index is 11.5. The zero-order valence-electron chi connectivity index (χ0n) is 14.6. The van der Waals surface area contributed by atoms with Crippen molar-refractivity contribution in [2.75, 3.05) is 33.1 Å². The van der Waals surface area contributed by atoms with Gasteiger partial charge in [-0.2, -0.15) is 4.52 Å². The Bertz CT molecular complexity index is 1120. The fraction of sp³-hybridized carbons (Fsp3) is 0.250. The number of sulfonamides is 1. The lowest BCUT2D eigenvalue weighted by atomic mass is 10.2. The molecule has 11 heteroatoms. The van der Waals surface area contributed by atoms with E-state index < -0.39 is 10.0 Å². The van der Waals surface area contributed by atoms with E-state index in [4.69, 9.17) is 11.5 Å². The Morgan fingerprint density at radius 1 is 1.15 bits per heavy atom. The number of nitrogens with one attached hydrogen (secondary N) is 3. The van der Waals surface area contributed by atoms with Crippen LogP contribution in [0.5, 0.6) is 0 Å². The Morgan fingerprint density at radius 2 is 1.89 bits per heavy atom. The molecule has 0 amide bonds. The van der Waals surface area contributed by atoms with Gasteiger partial charge in [-0.1, -0.05) is 0 Å². The number of nitrogen functional groups attached to an aromatic ring is 2. The van der Waals surface area contributed by atoms with Crippen LogP contribution in [0.2, 0.25) is 0 Å². The van der Waals surface area contributed by atoms with Crippen LogP contribution in [-0.4, -0.2) is 35.3 Å². The zero-order chi connectivity index (χ0) is 19.2. The van der Waals surface area contributed by atoms with Gasteiger partial charge in [0.1, 0.15) is 5.82 Å². The van der Waals surface area contributed by atoms with E-state index in [1.54, 1.807) is 22.8 Å². The molecule has 1 saturated carbocycles. The normalized spacial score (nSPS) is 14.3. The van der Waals surface area contributed by atoms with Gasteiger partial charge < -0.3 is 22.1 Å². The first-order valence-corrected chi connectivity index (χ1v) is 10.2. The second-order valence-electron chi connectivity index (χ2n) is 6.62. The van der Waals surface area contributed by atoms with Gasteiger partial charge in [-0.3, -0.25) is 4.72 Å². The molecule has 0 atom stereocenters. The van der Waals surface area contributed by atoms with E-state index >= 15 is 0 Å². The second-order valence-corrected chi connectivity index (χ2v) is 8.37. The van der Waals surface area contributed by atoms with E-state index in [9.17, 15) is 8.42 Å². The van der Waals surface area contributed by atoms with Crippen LogP contribution in [0, 0.1) is 0 Å². The van der Waals surface area contributed by atoms with Crippen LogP contribution in [0.15, 0.2) is 30.5 Å². The van der Waals surface area contributed by atoms with Crippen LogP contribution in [0.4, 0.5) is 34.4 Å². The summed E-state index contributed by atoms with van der Waals surface area (Å²) in [5.74, 6) is 0.936. The molecule has 1 aliphatic carbocycles. The molecule has 1 aliphatic rings. The molecule has 0 unspecified atom stereocenters. The Labute approximate surface area is 156 Å². The molecule has 0 radical (unpaired) electrons. The lowest BCUT2D eigenvalue weighted by Gasteiger charge is -2.13. The van der Waals surface area contributed by atoms with Crippen LogP contribution in [0.3, 0.4) is 0 Å². The van der Waals surface area contributed by atoms with E-state index in [-0.39, 0.29) is 0 Å². The quantitative estimate of drug-likeness (QED) is 0.399. The monoisotopic (exact) mass is 388 g/mol. The number of nitrogens with two attached hydrogens (primary N) is 2. The van der Waals surface area contributed by atoms with E-state index in [1.165, 1.54) is 6.07 Å². The molecule has 2 heterocycles. The minimum absolute atomic E-state index is 0.361. The molecular formula is C16H20N8O2S. The number of rotatable bonds is 6. The number of hydrogen-bond donors (Lipinski definition) is 5. The number of fused-ring (bicyclic) bond motifs is 1. The van der Waals surface area contributed by atoms with Crippen molar-refractivity contribution in [3.05, 3.63) is 30.5 Å². The first-order valence-electron chi connectivity index (χ1n) is 8.33. The predicted molar refractivity (Wildman–Crippen MR) is 107 cm³/mol. The third-order valence-electron chi connectivity index (χ3n) is 3.96. The number of hydrogen-bond acceptors (Lipinski definition) is 8. The number of imidazole rings is 1. The van der Waals surface area contributed by atoms with Crippen molar-refractivity contribution in [3.8, 4) is 0 Å². The summed E-state index contributed by atoms with van der Waals surface area (Å²) >= 11 is 0.